The average Bonchev–Trinajstić information content (AvgIpc) is 2.22. The van der Waals surface area contributed by atoms with E-state index in [0.717, 1.165) is 6.07 Å². The van der Waals surface area contributed by atoms with Crippen LogP contribution in [0.2, 0.25) is 5.02 Å². The van der Waals surface area contributed by atoms with Gasteiger partial charge in [-0.05, 0) is 12.1 Å². The molecule has 0 saturated heterocycles. The molecule has 0 saturated carbocycles. The van der Waals surface area contributed by atoms with Gasteiger partial charge in [-0.1, -0.05) is 17.7 Å². The summed E-state index contributed by atoms with van der Waals surface area (Å²) < 4.78 is 52.9. The highest BCUT2D eigenvalue weighted by Gasteiger charge is 2.27. The second-order valence-corrected chi connectivity index (χ2v) is 4.10. The maximum atomic E-state index is 13.3. The highest BCUT2D eigenvalue weighted by Crippen LogP contribution is 2.21. The average molecular weight is 287 g/mol. The van der Waals surface area contributed by atoms with Gasteiger partial charge in [0.1, 0.15) is 12.4 Å². The number of ether oxygens (including phenoxy) is 1. The molecule has 1 unspecified atom stereocenters. The van der Waals surface area contributed by atoms with Gasteiger partial charge in [0.2, 0.25) is 0 Å². The van der Waals surface area contributed by atoms with Crippen molar-refractivity contribution in [2.75, 3.05) is 13.2 Å². The van der Waals surface area contributed by atoms with Gasteiger partial charge in [0.15, 0.2) is 0 Å². The fraction of sp³-hybridized carbons (Fsp3) is 0.455. The van der Waals surface area contributed by atoms with Crippen LogP contribution < -0.4 is 0 Å². The molecule has 0 aliphatic carbocycles. The van der Waals surface area contributed by atoms with E-state index in [-0.39, 0.29) is 17.0 Å². The quantitative estimate of drug-likeness (QED) is 0.843. The molecule has 0 spiro atoms. The van der Waals surface area contributed by atoms with Crippen LogP contribution in [-0.4, -0.2) is 30.6 Å². The number of aliphatic hydroxyl groups is 1. The number of hydrogen-bond donors (Lipinski definition) is 1. The Morgan fingerprint density at radius 3 is 2.56 bits per heavy atom. The van der Waals surface area contributed by atoms with Gasteiger partial charge in [0.25, 0.3) is 0 Å². The first kappa shape index (κ1) is 15.2. The molecule has 0 radical (unpaired) electrons. The molecule has 1 N–H and O–H groups in total. The lowest BCUT2D eigenvalue weighted by Gasteiger charge is -2.13. The molecule has 7 heteroatoms. The first-order chi connectivity index (χ1) is 8.29. The van der Waals surface area contributed by atoms with E-state index in [0.29, 0.717) is 0 Å². The maximum Gasteiger partial charge on any atom is 0.411 e. The van der Waals surface area contributed by atoms with Crippen molar-refractivity contribution in [3.05, 3.63) is 34.6 Å². The molecule has 0 aliphatic rings. The summed E-state index contributed by atoms with van der Waals surface area (Å²) in [5, 5.41) is 9.55. The number of aliphatic hydroxyl groups excluding tert-OH is 1. The van der Waals surface area contributed by atoms with Crippen molar-refractivity contribution in [2.45, 2.75) is 18.7 Å². The van der Waals surface area contributed by atoms with Gasteiger partial charge in [-0.25, -0.2) is 4.39 Å². The van der Waals surface area contributed by atoms with Gasteiger partial charge in [0, 0.05) is 17.0 Å². The van der Waals surface area contributed by atoms with Gasteiger partial charge < -0.3 is 9.84 Å². The molecular weight excluding hydrogens is 276 g/mol. The van der Waals surface area contributed by atoms with Crippen molar-refractivity contribution in [3.63, 3.8) is 0 Å². The van der Waals surface area contributed by atoms with Crippen LogP contribution in [0.4, 0.5) is 17.6 Å². The van der Waals surface area contributed by atoms with E-state index in [2.05, 4.69) is 4.74 Å². The predicted octanol–water partition coefficient (Wildman–Crippen LogP) is 2.96. The molecule has 1 atom stereocenters. The van der Waals surface area contributed by atoms with Crippen LogP contribution in [-0.2, 0) is 11.2 Å². The van der Waals surface area contributed by atoms with Gasteiger partial charge >= 0.3 is 6.18 Å². The second kappa shape index (κ2) is 6.36. The fourth-order valence-corrected chi connectivity index (χ4v) is 1.57. The van der Waals surface area contributed by atoms with Crippen LogP contribution in [0.5, 0.6) is 0 Å². The first-order valence-electron chi connectivity index (χ1n) is 5.05. The van der Waals surface area contributed by atoms with Crippen molar-refractivity contribution in [3.8, 4) is 0 Å². The highest BCUT2D eigenvalue weighted by atomic mass is 35.5. The third-order valence-corrected chi connectivity index (χ3v) is 2.43. The largest absolute Gasteiger partial charge is 0.411 e. The molecule has 0 fully saturated rings. The summed E-state index contributed by atoms with van der Waals surface area (Å²) in [5.41, 5.74) is 0.0577. The maximum absolute atomic E-state index is 13.3. The molecule has 1 rings (SSSR count). The number of rotatable bonds is 5. The molecule has 18 heavy (non-hydrogen) atoms. The van der Waals surface area contributed by atoms with Crippen molar-refractivity contribution >= 4 is 11.6 Å². The number of hydrogen-bond acceptors (Lipinski definition) is 2. The van der Waals surface area contributed by atoms with Crippen LogP contribution in [0, 0.1) is 5.82 Å². The lowest BCUT2D eigenvalue weighted by Crippen LogP contribution is -2.24. The van der Waals surface area contributed by atoms with Crippen molar-refractivity contribution in [1.82, 2.24) is 0 Å². The summed E-state index contributed by atoms with van der Waals surface area (Å²) in [6, 6.07) is 3.99. The molecule has 0 amide bonds. The van der Waals surface area contributed by atoms with E-state index in [4.69, 9.17) is 11.6 Å². The minimum atomic E-state index is -4.45. The Hall–Kier alpha value is -0.850. The summed E-state index contributed by atoms with van der Waals surface area (Å²) in [5.74, 6) is -0.614. The van der Waals surface area contributed by atoms with E-state index >= 15 is 0 Å². The van der Waals surface area contributed by atoms with Crippen molar-refractivity contribution in [2.24, 2.45) is 0 Å². The Labute approximate surface area is 106 Å². The summed E-state index contributed by atoms with van der Waals surface area (Å²) in [6.45, 7) is -1.99. The molecule has 1 aromatic carbocycles. The van der Waals surface area contributed by atoms with Crippen LogP contribution in [0.3, 0.4) is 0 Å². The molecule has 0 aliphatic heterocycles. The zero-order valence-corrected chi connectivity index (χ0v) is 9.93. The van der Waals surface area contributed by atoms with Crippen molar-refractivity contribution in [1.29, 1.82) is 0 Å². The zero-order valence-electron chi connectivity index (χ0n) is 9.18. The van der Waals surface area contributed by atoms with E-state index in [9.17, 15) is 22.7 Å². The predicted molar refractivity (Wildman–Crippen MR) is 58.0 cm³/mol. The standard InChI is InChI=1S/C11H11ClF4O2/c12-9-2-1-3-10(13)8(9)4-7(17)5-18-6-11(14,15)16/h1-3,7,17H,4-6H2. The molecule has 102 valence electrons. The lowest BCUT2D eigenvalue weighted by molar-refractivity contribution is -0.179. The van der Waals surface area contributed by atoms with Gasteiger partial charge in [-0.2, -0.15) is 13.2 Å². The number of halogens is 5. The van der Waals surface area contributed by atoms with Crippen LogP contribution >= 0.6 is 11.6 Å². The molecule has 0 bridgehead atoms. The SMILES string of the molecule is OC(COCC(F)(F)F)Cc1c(F)cccc1Cl. The fourth-order valence-electron chi connectivity index (χ4n) is 1.33. The normalized spacial score (nSPS) is 13.7. The van der Waals surface area contributed by atoms with E-state index in [1.165, 1.54) is 12.1 Å². The third kappa shape index (κ3) is 5.20. The van der Waals surface area contributed by atoms with Crippen LogP contribution in [0.1, 0.15) is 5.56 Å². The Morgan fingerprint density at radius 2 is 2.00 bits per heavy atom. The Morgan fingerprint density at radius 1 is 1.33 bits per heavy atom. The molecule has 0 aromatic heterocycles. The highest BCUT2D eigenvalue weighted by molar-refractivity contribution is 6.31. The van der Waals surface area contributed by atoms with Gasteiger partial charge in [-0.15, -0.1) is 0 Å². The monoisotopic (exact) mass is 286 g/mol. The first-order valence-corrected chi connectivity index (χ1v) is 5.43. The molecule has 0 heterocycles. The van der Waals surface area contributed by atoms with E-state index in [1.54, 1.807) is 0 Å². The minimum Gasteiger partial charge on any atom is -0.390 e. The lowest BCUT2D eigenvalue weighted by atomic mass is 10.1. The smallest absolute Gasteiger partial charge is 0.390 e. The van der Waals surface area contributed by atoms with E-state index < -0.39 is 31.3 Å². The summed E-state index contributed by atoms with van der Waals surface area (Å²) >= 11 is 5.71. The second-order valence-electron chi connectivity index (χ2n) is 3.69. The van der Waals surface area contributed by atoms with Crippen LogP contribution in [0.25, 0.3) is 0 Å². The Balaban J connectivity index is 2.47. The Bertz CT molecular complexity index is 375. The Kier molecular flexibility index (Phi) is 5.37. The van der Waals surface area contributed by atoms with E-state index in [1.807, 2.05) is 0 Å². The third-order valence-electron chi connectivity index (χ3n) is 2.08. The van der Waals surface area contributed by atoms with Gasteiger partial charge in [0.05, 0.1) is 12.7 Å². The summed E-state index contributed by atoms with van der Waals surface area (Å²) in [6.07, 6.45) is -5.90. The molecular formula is C11H11ClF4O2. The minimum absolute atomic E-state index is 0.0577. The number of benzene rings is 1. The van der Waals surface area contributed by atoms with Crippen LogP contribution in [0.15, 0.2) is 18.2 Å². The molecule has 2 nitrogen and oxygen atoms in total. The summed E-state index contributed by atoms with van der Waals surface area (Å²) in [7, 11) is 0. The number of alkyl halides is 3. The summed E-state index contributed by atoms with van der Waals surface area (Å²) in [4.78, 5) is 0. The molecule has 1 aromatic rings. The van der Waals surface area contributed by atoms with Gasteiger partial charge in [-0.3, -0.25) is 0 Å². The zero-order chi connectivity index (χ0) is 13.8. The van der Waals surface area contributed by atoms with Crippen molar-refractivity contribution < 1.29 is 27.4 Å². The topological polar surface area (TPSA) is 29.5 Å².